The van der Waals surface area contributed by atoms with Crippen molar-refractivity contribution in [3.63, 3.8) is 0 Å². The summed E-state index contributed by atoms with van der Waals surface area (Å²) in [5.41, 5.74) is 0.216. The zero-order valence-electron chi connectivity index (χ0n) is 11.4. The maximum Gasteiger partial charge on any atom is 0.257 e. The second-order valence-electron chi connectivity index (χ2n) is 4.48. The van der Waals surface area contributed by atoms with E-state index in [1.165, 1.54) is 13.2 Å². The quantitative estimate of drug-likeness (QED) is 0.815. The van der Waals surface area contributed by atoms with Crippen molar-refractivity contribution >= 4 is 35.0 Å². The van der Waals surface area contributed by atoms with Gasteiger partial charge >= 0.3 is 0 Å². The topological polar surface area (TPSA) is 75.6 Å². The van der Waals surface area contributed by atoms with E-state index in [1.807, 2.05) is 0 Å². The van der Waals surface area contributed by atoms with E-state index in [1.54, 1.807) is 9.80 Å². The zero-order chi connectivity index (χ0) is 15.4. The summed E-state index contributed by atoms with van der Waals surface area (Å²) in [6.45, 7) is 1.80. The second-order valence-corrected chi connectivity index (χ2v) is 5.22. The fourth-order valence-corrected chi connectivity index (χ4v) is 2.37. The Morgan fingerprint density at radius 1 is 1.19 bits per heavy atom. The highest BCUT2D eigenvalue weighted by Gasteiger charge is 2.26. The van der Waals surface area contributed by atoms with Crippen LogP contribution in [0.4, 0.5) is 0 Å². The Balaban J connectivity index is 2.00. The van der Waals surface area contributed by atoms with Crippen molar-refractivity contribution in [3.8, 4) is 0 Å². The summed E-state index contributed by atoms with van der Waals surface area (Å²) < 4.78 is 4.81. The minimum atomic E-state index is -0.268. The molecule has 0 aliphatic carbocycles. The number of rotatable bonds is 3. The highest BCUT2D eigenvalue weighted by Crippen LogP contribution is 2.18. The molecule has 114 valence electrons. The Hall–Kier alpha value is -1.44. The molecule has 1 aromatic heterocycles. The summed E-state index contributed by atoms with van der Waals surface area (Å²) in [4.78, 5) is 27.3. The first-order valence-electron chi connectivity index (χ1n) is 6.27. The smallest absolute Gasteiger partial charge is 0.257 e. The molecule has 1 saturated heterocycles. The molecule has 0 radical (unpaired) electrons. The number of hydrogen-bond donors (Lipinski definition) is 0. The Morgan fingerprint density at radius 3 is 2.43 bits per heavy atom. The van der Waals surface area contributed by atoms with Crippen LogP contribution in [0.1, 0.15) is 10.4 Å². The molecule has 1 aliphatic rings. The van der Waals surface area contributed by atoms with Gasteiger partial charge in [-0.15, -0.1) is 10.2 Å². The number of halogens is 2. The van der Waals surface area contributed by atoms with Crippen LogP contribution < -0.4 is 0 Å². The number of amides is 2. The molecule has 1 aliphatic heterocycles. The third-order valence-electron chi connectivity index (χ3n) is 3.14. The standard InChI is InChI=1S/C12H14Cl2N4O3/c1-21-7-10(19)17-2-4-18(5-3-17)12(20)8-6-9(13)15-16-11(8)14/h6H,2-5,7H2,1H3. The first-order chi connectivity index (χ1) is 10.0. The third kappa shape index (κ3) is 3.81. The van der Waals surface area contributed by atoms with Gasteiger partial charge in [-0.25, -0.2) is 0 Å². The van der Waals surface area contributed by atoms with E-state index in [0.717, 1.165) is 0 Å². The summed E-state index contributed by atoms with van der Waals surface area (Å²) in [6.07, 6.45) is 0. The fourth-order valence-electron chi connectivity index (χ4n) is 2.05. The zero-order valence-corrected chi connectivity index (χ0v) is 12.9. The molecule has 2 heterocycles. The number of piperazine rings is 1. The van der Waals surface area contributed by atoms with Crippen LogP contribution in [0.3, 0.4) is 0 Å². The minimum absolute atomic E-state index is 0.0160. The van der Waals surface area contributed by atoms with Gasteiger partial charge in [-0.1, -0.05) is 23.2 Å². The van der Waals surface area contributed by atoms with E-state index >= 15 is 0 Å². The molecule has 2 rings (SSSR count). The molecule has 7 nitrogen and oxygen atoms in total. The number of methoxy groups -OCH3 is 1. The van der Waals surface area contributed by atoms with Crippen molar-refractivity contribution in [2.75, 3.05) is 39.9 Å². The van der Waals surface area contributed by atoms with Crippen LogP contribution in [0.25, 0.3) is 0 Å². The monoisotopic (exact) mass is 332 g/mol. The predicted octanol–water partition coefficient (Wildman–Crippen LogP) is 0.714. The van der Waals surface area contributed by atoms with Gasteiger partial charge in [0.2, 0.25) is 5.91 Å². The molecule has 1 aromatic rings. The number of aromatic nitrogens is 2. The maximum absolute atomic E-state index is 12.4. The SMILES string of the molecule is COCC(=O)N1CCN(C(=O)c2cc(Cl)nnc2Cl)CC1. The average molecular weight is 333 g/mol. The summed E-state index contributed by atoms with van der Waals surface area (Å²) in [7, 11) is 1.47. The van der Waals surface area contributed by atoms with Gasteiger partial charge in [0, 0.05) is 33.3 Å². The van der Waals surface area contributed by atoms with Crippen molar-refractivity contribution in [1.29, 1.82) is 0 Å². The van der Waals surface area contributed by atoms with Crippen molar-refractivity contribution in [2.24, 2.45) is 0 Å². The summed E-state index contributed by atoms with van der Waals surface area (Å²) >= 11 is 11.6. The first kappa shape index (κ1) is 15.9. The lowest BCUT2D eigenvalue weighted by Crippen LogP contribution is -2.51. The van der Waals surface area contributed by atoms with Gasteiger partial charge in [-0.3, -0.25) is 9.59 Å². The van der Waals surface area contributed by atoms with Gasteiger partial charge in [-0.2, -0.15) is 0 Å². The van der Waals surface area contributed by atoms with Crippen molar-refractivity contribution in [1.82, 2.24) is 20.0 Å². The van der Waals surface area contributed by atoms with Crippen LogP contribution in [0.2, 0.25) is 10.3 Å². The fraction of sp³-hybridized carbons (Fsp3) is 0.500. The number of ether oxygens (including phenoxy) is 1. The lowest BCUT2D eigenvalue weighted by molar-refractivity contribution is -0.136. The summed E-state index contributed by atoms with van der Waals surface area (Å²) in [5, 5.41) is 7.31. The molecule has 0 bridgehead atoms. The molecule has 9 heteroatoms. The van der Waals surface area contributed by atoms with Crippen molar-refractivity contribution in [3.05, 3.63) is 21.9 Å². The Morgan fingerprint density at radius 2 is 1.81 bits per heavy atom. The third-order valence-corrected chi connectivity index (χ3v) is 3.60. The van der Waals surface area contributed by atoms with E-state index in [4.69, 9.17) is 27.9 Å². The normalized spacial score (nSPS) is 15.2. The molecule has 0 N–H and O–H groups in total. The van der Waals surface area contributed by atoms with E-state index in [9.17, 15) is 9.59 Å². The molecule has 0 atom stereocenters. The Kier molecular flexibility index (Phi) is 5.33. The van der Waals surface area contributed by atoms with Crippen molar-refractivity contribution < 1.29 is 14.3 Å². The number of carbonyl (C=O) groups is 2. The maximum atomic E-state index is 12.4. The van der Waals surface area contributed by atoms with Crippen LogP contribution in [0.15, 0.2) is 6.07 Å². The summed E-state index contributed by atoms with van der Waals surface area (Å²) in [6, 6.07) is 1.39. The molecule has 0 unspecified atom stereocenters. The molecular weight excluding hydrogens is 319 g/mol. The minimum Gasteiger partial charge on any atom is -0.375 e. The molecule has 2 amide bonds. The summed E-state index contributed by atoms with van der Waals surface area (Å²) in [5.74, 6) is -0.355. The van der Waals surface area contributed by atoms with Gasteiger partial charge in [0.15, 0.2) is 10.3 Å². The highest BCUT2D eigenvalue weighted by atomic mass is 35.5. The van der Waals surface area contributed by atoms with Crippen LogP contribution in [0.5, 0.6) is 0 Å². The van der Waals surface area contributed by atoms with E-state index in [0.29, 0.717) is 26.2 Å². The number of nitrogens with zero attached hydrogens (tertiary/aromatic N) is 4. The van der Waals surface area contributed by atoms with Crippen LogP contribution in [-0.2, 0) is 9.53 Å². The van der Waals surface area contributed by atoms with Gasteiger partial charge in [-0.05, 0) is 6.07 Å². The predicted molar refractivity (Wildman–Crippen MR) is 76.4 cm³/mol. The largest absolute Gasteiger partial charge is 0.375 e. The Labute approximate surface area is 131 Å². The number of hydrogen-bond acceptors (Lipinski definition) is 5. The highest BCUT2D eigenvalue weighted by molar-refractivity contribution is 6.34. The van der Waals surface area contributed by atoms with Crippen molar-refractivity contribution in [2.45, 2.75) is 0 Å². The van der Waals surface area contributed by atoms with Crippen LogP contribution in [-0.4, -0.2) is 71.7 Å². The Bertz CT molecular complexity index is 547. The second kappa shape index (κ2) is 7.02. The lowest BCUT2D eigenvalue weighted by Gasteiger charge is -2.34. The molecular formula is C12H14Cl2N4O3. The van der Waals surface area contributed by atoms with Gasteiger partial charge in [0.05, 0.1) is 5.56 Å². The lowest BCUT2D eigenvalue weighted by atomic mass is 10.2. The van der Waals surface area contributed by atoms with Crippen LogP contribution >= 0.6 is 23.2 Å². The molecule has 0 aromatic carbocycles. The average Bonchev–Trinajstić information content (AvgIpc) is 2.49. The van der Waals surface area contributed by atoms with E-state index in [2.05, 4.69) is 10.2 Å². The van der Waals surface area contributed by atoms with E-state index < -0.39 is 0 Å². The first-order valence-corrected chi connectivity index (χ1v) is 7.03. The number of carbonyl (C=O) groups excluding carboxylic acids is 2. The molecule has 1 fully saturated rings. The van der Waals surface area contributed by atoms with Crippen LogP contribution in [0, 0.1) is 0 Å². The van der Waals surface area contributed by atoms with Gasteiger partial charge in [0.1, 0.15) is 6.61 Å². The molecule has 0 spiro atoms. The van der Waals surface area contributed by atoms with Gasteiger partial charge < -0.3 is 14.5 Å². The van der Waals surface area contributed by atoms with E-state index in [-0.39, 0.29) is 34.3 Å². The van der Waals surface area contributed by atoms with Gasteiger partial charge in [0.25, 0.3) is 5.91 Å². The molecule has 21 heavy (non-hydrogen) atoms. The molecule has 0 saturated carbocycles.